The first-order chi connectivity index (χ1) is 13.3. The van der Waals surface area contributed by atoms with Gasteiger partial charge in [-0.25, -0.2) is 10.4 Å². The van der Waals surface area contributed by atoms with Gasteiger partial charge in [0.2, 0.25) is 5.91 Å². The van der Waals surface area contributed by atoms with Crippen molar-refractivity contribution in [2.24, 2.45) is 5.10 Å². The van der Waals surface area contributed by atoms with Crippen LogP contribution in [-0.4, -0.2) is 29.4 Å². The number of hydrazone groups is 1. The van der Waals surface area contributed by atoms with Gasteiger partial charge in [0.05, 0.1) is 5.71 Å². The van der Waals surface area contributed by atoms with E-state index in [4.69, 9.17) is 23.2 Å². The molecule has 2 N–H and O–H groups in total. The van der Waals surface area contributed by atoms with Crippen molar-refractivity contribution < 1.29 is 13.2 Å². The number of anilines is 1. The lowest BCUT2D eigenvalue weighted by molar-refractivity contribution is -0.121. The number of benzene rings is 1. The molecule has 0 spiro atoms. The summed E-state index contributed by atoms with van der Waals surface area (Å²) in [5.74, 6) is -0.126. The summed E-state index contributed by atoms with van der Waals surface area (Å²) in [6, 6.07) is 9.74. The zero-order valence-electron chi connectivity index (χ0n) is 14.2. The molecule has 1 amide bonds. The van der Waals surface area contributed by atoms with Gasteiger partial charge in [-0.2, -0.15) is 13.5 Å². The number of rotatable bonds is 4. The van der Waals surface area contributed by atoms with E-state index in [9.17, 15) is 13.2 Å². The first-order valence-electron chi connectivity index (χ1n) is 8.15. The van der Waals surface area contributed by atoms with Gasteiger partial charge in [-0.05, 0) is 23.8 Å². The molecule has 3 heterocycles. The second-order valence-corrected chi connectivity index (χ2v) is 8.45. The Kier molecular flexibility index (Phi) is 4.74. The molecule has 0 saturated heterocycles. The van der Waals surface area contributed by atoms with E-state index < -0.39 is 10.0 Å². The van der Waals surface area contributed by atoms with Crippen molar-refractivity contribution >= 4 is 56.2 Å². The number of imidazole rings is 1. The maximum Gasteiger partial charge on any atom is 0.281 e. The minimum absolute atomic E-state index is 0.126. The number of nitrogens with one attached hydrogen (secondary N) is 2. The van der Waals surface area contributed by atoms with Crippen LogP contribution in [0.4, 0.5) is 5.69 Å². The molecule has 0 saturated carbocycles. The number of hydrogen-bond acceptors (Lipinski definition) is 5. The van der Waals surface area contributed by atoms with Gasteiger partial charge in [0.15, 0.2) is 10.2 Å². The molecular formula is C17H13Cl2N5O3S. The molecule has 0 unspecified atom stereocenters. The topological polar surface area (TPSA) is 105 Å². The molecule has 144 valence electrons. The Hall–Kier alpha value is -2.62. The molecule has 0 radical (unpaired) electrons. The molecule has 1 aliphatic rings. The highest BCUT2D eigenvalue weighted by molar-refractivity contribution is 7.92. The summed E-state index contributed by atoms with van der Waals surface area (Å²) in [6.45, 7) is 0. The van der Waals surface area contributed by atoms with E-state index in [0.29, 0.717) is 29.2 Å². The summed E-state index contributed by atoms with van der Waals surface area (Å²) in [6.07, 6.45) is 2.38. The van der Waals surface area contributed by atoms with Crippen molar-refractivity contribution in [2.45, 2.75) is 17.9 Å². The molecule has 0 atom stereocenters. The number of hydrogen-bond donors (Lipinski definition) is 2. The molecule has 3 aromatic rings. The summed E-state index contributed by atoms with van der Waals surface area (Å²) in [5.41, 5.74) is 4.64. The average Bonchev–Trinajstić information content (AvgIpc) is 2.98. The first-order valence-corrected chi connectivity index (χ1v) is 10.4. The molecule has 2 aromatic heterocycles. The van der Waals surface area contributed by atoms with Crippen molar-refractivity contribution in [1.82, 2.24) is 14.8 Å². The van der Waals surface area contributed by atoms with Crippen LogP contribution in [0.1, 0.15) is 18.4 Å². The molecule has 4 rings (SSSR count). The highest BCUT2D eigenvalue weighted by Crippen LogP contribution is 2.26. The quantitative estimate of drug-likeness (QED) is 0.653. The Balaban J connectivity index is 1.62. The van der Waals surface area contributed by atoms with Crippen LogP contribution in [0, 0.1) is 0 Å². The smallest absolute Gasteiger partial charge is 0.281 e. The fourth-order valence-electron chi connectivity index (χ4n) is 2.83. The number of pyridine rings is 1. The average molecular weight is 438 g/mol. The number of nitrogens with zero attached hydrogens (tertiary/aromatic N) is 3. The summed E-state index contributed by atoms with van der Waals surface area (Å²) in [4.78, 5) is 15.2. The van der Waals surface area contributed by atoms with Gasteiger partial charge >= 0.3 is 0 Å². The van der Waals surface area contributed by atoms with Crippen LogP contribution in [0.15, 0.2) is 52.7 Å². The van der Waals surface area contributed by atoms with Crippen molar-refractivity contribution in [3.8, 4) is 0 Å². The lowest BCUT2D eigenvalue weighted by Gasteiger charge is -2.13. The number of aromatic nitrogens is 2. The summed E-state index contributed by atoms with van der Waals surface area (Å²) < 4.78 is 29.5. The molecule has 8 nitrogen and oxygen atoms in total. The van der Waals surface area contributed by atoms with Gasteiger partial charge in [0, 0.05) is 35.8 Å². The Morgan fingerprint density at radius 3 is 2.54 bits per heavy atom. The van der Waals surface area contributed by atoms with Crippen LogP contribution in [0.25, 0.3) is 5.65 Å². The Morgan fingerprint density at radius 2 is 1.86 bits per heavy atom. The second-order valence-electron chi connectivity index (χ2n) is 6.06. The van der Waals surface area contributed by atoms with E-state index in [-0.39, 0.29) is 16.1 Å². The second kappa shape index (κ2) is 7.08. The Bertz CT molecular complexity index is 1220. The summed E-state index contributed by atoms with van der Waals surface area (Å²) in [7, 11) is -4.00. The SMILES string of the molecule is O=C1CCC(c2ccc(NS(=O)(=O)c3c(Cl)nc4cc(Cl)ccn34)cc2)=NN1. The third kappa shape index (κ3) is 3.56. The third-order valence-electron chi connectivity index (χ3n) is 4.13. The van der Waals surface area contributed by atoms with Gasteiger partial charge < -0.3 is 0 Å². The monoisotopic (exact) mass is 437 g/mol. The van der Waals surface area contributed by atoms with E-state index >= 15 is 0 Å². The van der Waals surface area contributed by atoms with Gasteiger partial charge in [0.1, 0.15) is 5.65 Å². The fourth-order valence-corrected chi connectivity index (χ4v) is 4.69. The number of sulfonamides is 1. The normalized spacial score (nSPS) is 14.6. The van der Waals surface area contributed by atoms with E-state index in [2.05, 4.69) is 20.2 Å². The highest BCUT2D eigenvalue weighted by Gasteiger charge is 2.25. The minimum atomic E-state index is -4.00. The predicted molar refractivity (Wildman–Crippen MR) is 106 cm³/mol. The van der Waals surface area contributed by atoms with Crippen LogP contribution < -0.4 is 10.1 Å². The lowest BCUT2D eigenvalue weighted by Crippen LogP contribution is -2.25. The van der Waals surface area contributed by atoms with Crippen molar-refractivity contribution in [3.63, 3.8) is 0 Å². The zero-order chi connectivity index (χ0) is 19.9. The molecule has 0 bridgehead atoms. The van der Waals surface area contributed by atoms with Gasteiger partial charge in [-0.15, -0.1) is 0 Å². The number of fused-ring (bicyclic) bond motifs is 1. The van der Waals surface area contributed by atoms with E-state index in [1.807, 2.05) is 0 Å². The van der Waals surface area contributed by atoms with E-state index in [0.717, 1.165) is 11.3 Å². The fraction of sp³-hybridized carbons (Fsp3) is 0.118. The Labute approximate surface area is 170 Å². The van der Waals surface area contributed by atoms with Crippen LogP contribution >= 0.6 is 23.2 Å². The van der Waals surface area contributed by atoms with Crippen LogP contribution in [0.2, 0.25) is 10.2 Å². The van der Waals surface area contributed by atoms with Crippen molar-refractivity contribution in [3.05, 3.63) is 58.3 Å². The van der Waals surface area contributed by atoms with Crippen LogP contribution in [0.5, 0.6) is 0 Å². The van der Waals surface area contributed by atoms with Crippen molar-refractivity contribution in [1.29, 1.82) is 0 Å². The number of amides is 1. The number of halogens is 2. The lowest BCUT2D eigenvalue weighted by atomic mass is 10.0. The molecule has 11 heteroatoms. The predicted octanol–water partition coefficient (Wildman–Crippen LogP) is 3.06. The van der Waals surface area contributed by atoms with Gasteiger partial charge in [-0.1, -0.05) is 35.3 Å². The molecule has 1 aromatic carbocycles. The molecule has 0 fully saturated rings. The van der Waals surface area contributed by atoms with Crippen LogP contribution in [-0.2, 0) is 14.8 Å². The first kappa shape index (κ1) is 18.7. The minimum Gasteiger partial charge on any atom is -0.288 e. The molecule has 28 heavy (non-hydrogen) atoms. The molecule has 1 aliphatic heterocycles. The van der Waals surface area contributed by atoms with Crippen molar-refractivity contribution in [2.75, 3.05) is 4.72 Å². The van der Waals surface area contributed by atoms with Gasteiger partial charge in [-0.3, -0.25) is 13.9 Å². The summed E-state index contributed by atoms with van der Waals surface area (Å²) in [5, 5.41) is 4.11. The molecular weight excluding hydrogens is 425 g/mol. The van der Waals surface area contributed by atoms with E-state index in [1.165, 1.54) is 16.7 Å². The Morgan fingerprint density at radius 1 is 1.11 bits per heavy atom. The van der Waals surface area contributed by atoms with Gasteiger partial charge in [0.25, 0.3) is 10.0 Å². The largest absolute Gasteiger partial charge is 0.288 e. The number of carbonyl (C=O) groups excluding carboxylic acids is 1. The maximum atomic E-state index is 12.8. The zero-order valence-corrected chi connectivity index (χ0v) is 16.5. The summed E-state index contributed by atoms with van der Waals surface area (Å²) >= 11 is 12.0. The maximum absolute atomic E-state index is 12.8. The highest BCUT2D eigenvalue weighted by atomic mass is 35.5. The number of carbonyl (C=O) groups is 1. The van der Waals surface area contributed by atoms with E-state index in [1.54, 1.807) is 30.3 Å². The third-order valence-corrected chi connectivity index (χ3v) is 6.15. The van der Waals surface area contributed by atoms with Crippen LogP contribution in [0.3, 0.4) is 0 Å². The molecule has 0 aliphatic carbocycles. The standard InChI is InChI=1S/C17H13Cl2N5O3S/c18-11-7-8-24-14(9-11)20-16(19)17(24)28(26,27)23-12-3-1-10(2-4-12)13-5-6-15(25)22-21-13/h1-4,7-9,23H,5-6H2,(H,22,25).